The predicted octanol–water partition coefficient (Wildman–Crippen LogP) is 4.76. The van der Waals surface area contributed by atoms with Crippen molar-refractivity contribution >= 4 is 5.91 Å². The lowest BCUT2D eigenvalue weighted by molar-refractivity contribution is 0.0938. The van der Waals surface area contributed by atoms with Crippen LogP contribution in [0.2, 0.25) is 0 Å². The maximum Gasteiger partial charge on any atom is 0.252 e. The minimum Gasteiger partial charge on any atom is -0.492 e. The number of amides is 1. The van der Waals surface area contributed by atoms with Crippen LogP contribution in [-0.2, 0) is 14.1 Å². The van der Waals surface area contributed by atoms with E-state index in [0.717, 1.165) is 58.8 Å². The summed E-state index contributed by atoms with van der Waals surface area (Å²) >= 11 is 0. The Morgan fingerprint density at radius 1 is 0.947 bits per heavy atom. The highest BCUT2D eigenvalue weighted by Crippen LogP contribution is 2.30. The van der Waals surface area contributed by atoms with Crippen molar-refractivity contribution in [2.45, 2.75) is 32.7 Å². The molecule has 3 heterocycles. The van der Waals surface area contributed by atoms with Crippen LogP contribution in [0.15, 0.2) is 61.2 Å². The minimum atomic E-state index is -0.214. The van der Waals surface area contributed by atoms with Crippen molar-refractivity contribution in [3.05, 3.63) is 77.9 Å². The van der Waals surface area contributed by atoms with E-state index in [1.807, 2.05) is 70.9 Å². The van der Waals surface area contributed by atoms with Gasteiger partial charge in [-0.15, -0.1) is 0 Å². The molecule has 0 bridgehead atoms. The fourth-order valence-corrected chi connectivity index (χ4v) is 4.97. The number of hydrogen-bond donors (Lipinski definition) is 1. The van der Waals surface area contributed by atoms with E-state index in [9.17, 15) is 4.79 Å². The van der Waals surface area contributed by atoms with Crippen LogP contribution in [0, 0.1) is 6.92 Å². The molecule has 2 aromatic carbocycles. The molecule has 1 aliphatic rings. The fourth-order valence-electron chi connectivity index (χ4n) is 4.97. The molecule has 8 heteroatoms. The summed E-state index contributed by atoms with van der Waals surface area (Å²) in [6.45, 7) is 7.80. The Balaban J connectivity index is 1.34. The van der Waals surface area contributed by atoms with Crippen LogP contribution in [0.1, 0.15) is 47.3 Å². The molecule has 4 aromatic rings. The molecule has 1 fully saturated rings. The van der Waals surface area contributed by atoms with Crippen molar-refractivity contribution in [2.75, 3.05) is 26.2 Å². The smallest absolute Gasteiger partial charge is 0.252 e. The van der Waals surface area contributed by atoms with E-state index in [-0.39, 0.29) is 11.9 Å². The maximum atomic E-state index is 13.4. The molecule has 0 aliphatic carbocycles. The van der Waals surface area contributed by atoms with E-state index >= 15 is 0 Å². The predicted molar refractivity (Wildman–Crippen MR) is 149 cm³/mol. The number of carbonyl (C=O) groups excluding carboxylic acids is 1. The van der Waals surface area contributed by atoms with Crippen LogP contribution >= 0.6 is 0 Å². The first-order valence-electron chi connectivity index (χ1n) is 13.3. The number of hydrogen-bond acceptors (Lipinski definition) is 5. The lowest BCUT2D eigenvalue weighted by Gasteiger charge is -2.18. The van der Waals surface area contributed by atoms with Gasteiger partial charge < -0.3 is 10.1 Å². The summed E-state index contributed by atoms with van der Waals surface area (Å²) in [6, 6.07) is 11.9. The Kier molecular flexibility index (Phi) is 7.60. The Labute approximate surface area is 224 Å². The zero-order valence-electron chi connectivity index (χ0n) is 22.6. The molecular weight excluding hydrogens is 476 g/mol. The molecule has 8 nitrogen and oxygen atoms in total. The van der Waals surface area contributed by atoms with E-state index in [0.29, 0.717) is 12.2 Å². The maximum absolute atomic E-state index is 13.4. The highest BCUT2D eigenvalue weighted by atomic mass is 16.5. The van der Waals surface area contributed by atoms with E-state index in [1.54, 1.807) is 9.36 Å². The van der Waals surface area contributed by atoms with Crippen molar-refractivity contribution in [3.8, 4) is 28.0 Å². The third-order valence-corrected chi connectivity index (χ3v) is 7.21. The average Bonchev–Trinajstić information content (AvgIpc) is 3.67. The first-order valence-corrected chi connectivity index (χ1v) is 13.3. The first kappa shape index (κ1) is 25.7. The molecule has 2 aromatic heterocycles. The van der Waals surface area contributed by atoms with Crippen LogP contribution in [0.3, 0.4) is 0 Å². The molecule has 1 atom stereocenters. The SMILES string of the molecule is Cc1ccc(OCCN2CCCC2)cc1C(=O)N[C@H](C)c1cc(-c2cnn(C)c2)cc(-c2cnn(C)c2)c1. The van der Waals surface area contributed by atoms with E-state index in [4.69, 9.17) is 4.74 Å². The Morgan fingerprint density at radius 3 is 2.16 bits per heavy atom. The van der Waals surface area contributed by atoms with E-state index < -0.39 is 0 Å². The van der Waals surface area contributed by atoms with Crippen LogP contribution in [-0.4, -0.2) is 56.6 Å². The van der Waals surface area contributed by atoms with Gasteiger partial charge >= 0.3 is 0 Å². The molecule has 5 rings (SSSR count). The molecule has 198 valence electrons. The number of nitrogens with one attached hydrogen (secondary N) is 1. The third-order valence-electron chi connectivity index (χ3n) is 7.21. The largest absolute Gasteiger partial charge is 0.492 e. The topological polar surface area (TPSA) is 77.2 Å². The lowest BCUT2D eigenvalue weighted by Crippen LogP contribution is -2.27. The second-order valence-corrected chi connectivity index (χ2v) is 10.2. The molecule has 1 amide bonds. The Morgan fingerprint density at radius 2 is 1.58 bits per heavy atom. The monoisotopic (exact) mass is 512 g/mol. The number of ether oxygens (including phenoxy) is 1. The summed E-state index contributed by atoms with van der Waals surface area (Å²) in [7, 11) is 3.82. The zero-order valence-corrected chi connectivity index (χ0v) is 22.6. The van der Waals surface area contributed by atoms with Crippen LogP contribution < -0.4 is 10.1 Å². The Bertz CT molecular complexity index is 1360. The second kappa shape index (κ2) is 11.2. The summed E-state index contributed by atoms with van der Waals surface area (Å²) in [5.41, 5.74) is 6.68. The van der Waals surface area contributed by atoms with Gasteiger partial charge in [-0.25, -0.2) is 0 Å². The summed E-state index contributed by atoms with van der Waals surface area (Å²) in [5.74, 6) is 0.611. The third kappa shape index (κ3) is 5.97. The fraction of sp³-hybridized carbons (Fsp3) is 0.367. The van der Waals surface area contributed by atoms with Crippen LogP contribution in [0.4, 0.5) is 0 Å². The van der Waals surface area contributed by atoms with Crippen molar-refractivity contribution in [3.63, 3.8) is 0 Å². The highest BCUT2D eigenvalue weighted by Gasteiger charge is 2.18. The normalized spacial score (nSPS) is 14.5. The van der Waals surface area contributed by atoms with E-state index in [2.05, 4.69) is 38.6 Å². The molecule has 1 saturated heterocycles. The number of carbonyl (C=O) groups is 1. The minimum absolute atomic E-state index is 0.116. The lowest BCUT2D eigenvalue weighted by atomic mass is 9.96. The van der Waals surface area contributed by atoms with Gasteiger partial charge in [0.25, 0.3) is 5.91 Å². The van der Waals surface area contributed by atoms with Gasteiger partial charge in [-0.3, -0.25) is 19.1 Å². The van der Waals surface area contributed by atoms with Gasteiger partial charge in [-0.2, -0.15) is 10.2 Å². The standard InChI is InChI=1S/C30H36N6O2/c1-21-7-8-28(38-12-11-36-9-5-6-10-36)16-29(21)30(37)33-22(2)23-13-24(26-17-31-34(3)19-26)15-25(14-23)27-18-32-35(4)20-27/h7-8,13-20,22H,5-6,9-12H2,1-4H3,(H,33,37)/t22-/m1/s1. The molecule has 1 aliphatic heterocycles. The molecule has 0 spiro atoms. The number of nitrogens with zero attached hydrogens (tertiary/aromatic N) is 5. The molecule has 0 radical (unpaired) electrons. The number of rotatable bonds is 9. The summed E-state index contributed by atoms with van der Waals surface area (Å²) in [5, 5.41) is 11.9. The summed E-state index contributed by atoms with van der Waals surface area (Å²) in [6.07, 6.45) is 10.2. The van der Waals surface area contributed by atoms with Gasteiger partial charge in [0.15, 0.2) is 0 Å². The quantitative estimate of drug-likeness (QED) is 0.350. The number of aryl methyl sites for hydroxylation is 3. The van der Waals surface area contributed by atoms with Gasteiger partial charge in [0.1, 0.15) is 12.4 Å². The van der Waals surface area contributed by atoms with Crippen molar-refractivity contribution in [1.29, 1.82) is 0 Å². The van der Waals surface area contributed by atoms with Crippen LogP contribution in [0.5, 0.6) is 5.75 Å². The molecular formula is C30H36N6O2. The van der Waals surface area contributed by atoms with Gasteiger partial charge in [-0.05, 0) is 92.4 Å². The zero-order chi connectivity index (χ0) is 26.6. The van der Waals surface area contributed by atoms with Crippen molar-refractivity contribution in [2.24, 2.45) is 14.1 Å². The molecule has 0 unspecified atom stereocenters. The molecule has 1 N–H and O–H groups in total. The summed E-state index contributed by atoms with van der Waals surface area (Å²) < 4.78 is 9.58. The van der Waals surface area contributed by atoms with Crippen molar-refractivity contribution < 1.29 is 9.53 Å². The highest BCUT2D eigenvalue weighted by molar-refractivity contribution is 5.96. The van der Waals surface area contributed by atoms with Gasteiger partial charge in [0.2, 0.25) is 0 Å². The second-order valence-electron chi connectivity index (χ2n) is 10.2. The average molecular weight is 513 g/mol. The summed E-state index contributed by atoms with van der Waals surface area (Å²) in [4.78, 5) is 15.8. The van der Waals surface area contributed by atoms with Crippen LogP contribution in [0.25, 0.3) is 22.3 Å². The van der Waals surface area contributed by atoms with Gasteiger partial charge in [0.05, 0.1) is 18.4 Å². The molecule has 0 saturated carbocycles. The van der Waals surface area contributed by atoms with Crippen molar-refractivity contribution in [1.82, 2.24) is 29.8 Å². The first-order chi connectivity index (χ1) is 18.4. The number of benzene rings is 2. The number of aromatic nitrogens is 4. The van der Waals surface area contributed by atoms with Gasteiger partial charge in [0, 0.05) is 49.7 Å². The van der Waals surface area contributed by atoms with Gasteiger partial charge in [-0.1, -0.05) is 6.07 Å². The van der Waals surface area contributed by atoms with E-state index in [1.165, 1.54) is 12.8 Å². The Hall–Kier alpha value is -3.91. The number of likely N-dealkylation sites (tertiary alicyclic amines) is 1. The molecule has 38 heavy (non-hydrogen) atoms.